The molecular weight excluding hydrogens is 252 g/mol. The maximum Gasteiger partial charge on any atom is 0.335 e. The Morgan fingerprint density at radius 2 is 1.95 bits per heavy atom. The molecule has 0 bridgehead atoms. The molecule has 1 saturated carbocycles. The largest absolute Gasteiger partial charge is 0.478 e. The van der Waals surface area contributed by atoms with Crippen LogP contribution in [0.5, 0.6) is 0 Å². The van der Waals surface area contributed by atoms with Crippen molar-refractivity contribution in [3.63, 3.8) is 0 Å². The van der Waals surface area contributed by atoms with E-state index in [4.69, 9.17) is 0 Å². The first-order chi connectivity index (χ1) is 9.61. The maximum atomic E-state index is 11.2. The highest BCUT2D eigenvalue weighted by Crippen LogP contribution is 2.27. The van der Waals surface area contributed by atoms with E-state index < -0.39 is 5.97 Å². The van der Waals surface area contributed by atoms with Gasteiger partial charge in [-0.1, -0.05) is 29.8 Å². The molecule has 3 rings (SSSR count). The highest BCUT2D eigenvalue weighted by molar-refractivity contribution is 5.90. The van der Waals surface area contributed by atoms with Crippen molar-refractivity contribution in [1.29, 1.82) is 0 Å². The van der Waals surface area contributed by atoms with Crippen LogP contribution in [0.1, 0.15) is 28.8 Å². The van der Waals surface area contributed by atoms with Gasteiger partial charge in [0.1, 0.15) is 5.82 Å². The molecule has 1 heterocycles. The van der Waals surface area contributed by atoms with E-state index in [0.717, 1.165) is 18.4 Å². The third kappa shape index (κ3) is 2.79. The van der Waals surface area contributed by atoms with E-state index in [0.29, 0.717) is 17.6 Å². The summed E-state index contributed by atoms with van der Waals surface area (Å²) < 4.78 is 0. The van der Waals surface area contributed by atoms with Gasteiger partial charge in [-0.05, 0) is 31.9 Å². The maximum absolute atomic E-state index is 11.2. The van der Waals surface area contributed by atoms with E-state index in [1.165, 1.54) is 5.56 Å². The van der Waals surface area contributed by atoms with Gasteiger partial charge < -0.3 is 10.4 Å². The molecule has 0 aliphatic heterocycles. The lowest BCUT2D eigenvalue weighted by molar-refractivity contribution is 0.0697. The van der Waals surface area contributed by atoms with Crippen molar-refractivity contribution in [2.45, 2.75) is 25.8 Å². The Labute approximate surface area is 117 Å². The number of aryl methyl sites for hydroxylation is 1. The number of pyridine rings is 1. The van der Waals surface area contributed by atoms with Gasteiger partial charge >= 0.3 is 5.97 Å². The summed E-state index contributed by atoms with van der Waals surface area (Å²) in [6.45, 7) is 2.02. The van der Waals surface area contributed by atoms with Crippen LogP contribution in [0, 0.1) is 6.92 Å². The monoisotopic (exact) mass is 268 g/mol. The molecule has 4 heteroatoms. The Bertz CT molecular complexity index is 646. The van der Waals surface area contributed by atoms with Gasteiger partial charge in [-0.25, -0.2) is 9.78 Å². The molecule has 1 aromatic heterocycles. The number of anilines is 1. The van der Waals surface area contributed by atoms with Crippen molar-refractivity contribution in [2.75, 3.05) is 5.32 Å². The zero-order valence-electron chi connectivity index (χ0n) is 11.3. The minimum atomic E-state index is -0.931. The Balaban J connectivity index is 2.01. The summed E-state index contributed by atoms with van der Waals surface area (Å²) in [4.78, 5) is 15.8. The predicted molar refractivity (Wildman–Crippen MR) is 78.0 cm³/mol. The average molecular weight is 268 g/mol. The lowest BCUT2D eigenvalue weighted by atomic mass is 10.1. The Hall–Kier alpha value is -2.36. The van der Waals surface area contributed by atoms with E-state index in [1.807, 2.05) is 31.2 Å². The first kappa shape index (κ1) is 12.7. The molecule has 2 aromatic rings. The number of hydrogen-bond acceptors (Lipinski definition) is 3. The normalized spacial score (nSPS) is 14.1. The standard InChI is InChI=1S/C16H16N2O2/c1-10-2-4-11(5-3-10)14-8-12(16(19)20)9-15(18-14)17-13-6-7-13/h2-5,8-9,13H,6-7H2,1H3,(H,17,18)(H,19,20). The van der Waals surface area contributed by atoms with Gasteiger partial charge in [-0.15, -0.1) is 0 Å². The van der Waals surface area contributed by atoms with Crippen molar-refractivity contribution in [1.82, 2.24) is 4.98 Å². The SMILES string of the molecule is Cc1ccc(-c2cc(C(=O)O)cc(NC3CC3)n2)cc1. The van der Waals surface area contributed by atoms with Crippen LogP contribution in [0.4, 0.5) is 5.82 Å². The minimum absolute atomic E-state index is 0.263. The molecule has 0 atom stereocenters. The van der Waals surface area contributed by atoms with Crippen molar-refractivity contribution in [2.24, 2.45) is 0 Å². The van der Waals surface area contributed by atoms with Gasteiger partial charge in [0, 0.05) is 11.6 Å². The number of nitrogens with zero attached hydrogens (tertiary/aromatic N) is 1. The van der Waals surface area contributed by atoms with Crippen molar-refractivity contribution < 1.29 is 9.90 Å². The fourth-order valence-corrected chi connectivity index (χ4v) is 2.04. The molecule has 4 nitrogen and oxygen atoms in total. The van der Waals surface area contributed by atoms with Crippen molar-refractivity contribution >= 4 is 11.8 Å². The zero-order valence-corrected chi connectivity index (χ0v) is 11.3. The van der Waals surface area contributed by atoms with Crippen LogP contribution in [0.25, 0.3) is 11.3 Å². The molecule has 0 unspecified atom stereocenters. The summed E-state index contributed by atoms with van der Waals surface area (Å²) >= 11 is 0. The third-order valence-electron chi connectivity index (χ3n) is 3.35. The highest BCUT2D eigenvalue weighted by atomic mass is 16.4. The number of carboxylic acid groups (broad SMARTS) is 1. The number of aromatic carboxylic acids is 1. The van der Waals surface area contributed by atoms with E-state index in [-0.39, 0.29) is 5.56 Å². The Morgan fingerprint density at radius 1 is 1.25 bits per heavy atom. The lowest BCUT2D eigenvalue weighted by Crippen LogP contribution is -2.06. The summed E-state index contributed by atoms with van der Waals surface area (Å²) in [5, 5.41) is 12.5. The van der Waals surface area contributed by atoms with E-state index in [9.17, 15) is 9.90 Å². The Morgan fingerprint density at radius 3 is 2.55 bits per heavy atom. The lowest BCUT2D eigenvalue weighted by Gasteiger charge is -2.09. The number of benzene rings is 1. The van der Waals surface area contributed by atoms with Gasteiger partial charge in [0.15, 0.2) is 0 Å². The average Bonchev–Trinajstić information content (AvgIpc) is 3.23. The first-order valence-electron chi connectivity index (χ1n) is 6.71. The smallest absolute Gasteiger partial charge is 0.335 e. The van der Waals surface area contributed by atoms with Crippen LogP contribution in [-0.4, -0.2) is 22.1 Å². The molecule has 0 amide bonds. The molecule has 0 saturated heterocycles. The van der Waals surface area contributed by atoms with E-state index in [1.54, 1.807) is 12.1 Å². The van der Waals surface area contributed by atoms with Crippen LogP contribution in [-0.2, 0) is 0 Å². The minimum Gasteiger partial charge on any atom is -0.478 e. The van der Waals surface area contributed by atoms with Crippen molar-refractivity contribution in [3.8, 4) is 11.3 Å². The highest BCUT2D eigenvalue weighted by Gasteiger charge is 2.22. The molecule has 0 spiro atoms. The second kappa shape index (κ2) is 4.96. The summed E-state index contributed by atoms with van der Waals surface area (Å²) in [7, 11) is 0. The molecule has 1 aromatic carbocycles. The molecule has 1 aliphatic carbocycles. The molecular formula is C16H16N2O2. The van der Waals surface area contributed by atoms with Gasteiger partial charge in [0.05, 0.1) is 11.3 Å². The number of rotatable bonds is 4. The quantitative estimate of drug-likeness (QED) is 0.892. The first-order valence-corrected chi connectivity index (χ1v) is 6.71. The van der Waals surface area contributed by atoms with Crippen molar-refractivity contribution in [3.05, 3.63) is 47.5 Å². The molecule has 20 heavy (non-hydrogen) atoms. The molecule has 0 radical (unpaired) electrons. The predicted octanol–water partition coefficient (Wildman–Crippen LogP) is 3.33. The van der Waals surface area contributed by atoms with E-state index >= 15 is 0 Å². The summed E-state index contributed by atoms with van der Waals surface area (Å²) in [5.74, 6) is -0.289. The number of aromatic nitrogens is 1. The van der Waals surface area contributed by atoms with Gasteiger partial charge in [-0.2, -0.15) is 0 Å². The fraction of sp³-hybridized carbons (Fsp3) is 0.250. The second-order valence-corrected chi connectivity index (χ2v) is 5.22. The van der Waals surface area contributed by atoms with Crippen LogP contribution in [0.2, 0.25) is 0 Å². The second-order valence-electron chi connectivity index (χ2n) is 5.22. The molecule has 1 fully saturated rings. The van der Waals surface area contributed by atoms with Gasteiger partial charge in [-0.3, -0.25) is 0 Å². The number of carboxylic acids is 1. The summed E-state index contributed by atoms with van der Waals surface area (Å²) in [6.07, 6.45) is 2.25. The van der Waals surface area contributed by atoms with Crippen LogP contribution in [0.3, 0.4) is 0 Å². The number of carbonyl (C=O) groups is 1. The van der Waals surface area contributed by atoms with Crippen LogP contribution < -0.4 is 5.32 Å². The number of hydrogen-bond donors (Lipinski definition) is 2. The number of nitrogens with one attached hydrogen (secondary N) is 1. The topological polar surface area (TPSA) is 62.2 Å². The van der Waals surface area contributed by atoms with Gasteiger partial charge in [0.25, 0.3) is 0 Å². The van der Waals surface area contributed by atoms with Crippen LogP contribution in [0.15, 0.2) is 36.4 Å². The summed E-state index contributed by atoms with van der Waals surface area (Å²) in [5.41, 5.74) is 3.05. The molecule has 2 N–H and O–H groups in total. The Kier molecular flexibility index (Phi) is 3.14. The molecule has 102 valence electrons. The fourth-order valence-electron chi connectivity index (χ4n) is 2.04. The van der Waals surface area contributed by atoms with Crippen LogP contribution >= 0.6 is 0 Å². The third-order valence-corrected chi connectivity index (χ3v) is 3.35. The zero-order chi connectivity index (χ0) is 14.1. The summed E-state index contributed by atoms with van der Waals surface area (Å²) in [6, 6.07) is 11.6. The van der Waals surface area contributed by atoms with Gasteiger partial charge in [0.2, 0.25) is 0 Å². The molecule has 1 aliphatic rings. The van der Waals surface area contributed by atoms with E-state index in [2.05, 4.69) is 10.3 Å².